The van der Waals surface area contributed by atoms with Gasteiger partial charge in [-0.3, -0.25) is 4.79 Å². The highest BCUT2D eigenvalue weighted by Gasteiger charge is 2.07. The standard InChI is InChI=1S/C14H17N3O2/c1-10-4-5-11(2)17(10)9-13(18)16-12-6-7-14(19-3)15-8-12/h4-8H,9H2,1-3H3,(H,16,18). The summed E-state index contributed by atoms with van der Waals surface area (Å²) >= 11 is 0. The fraction of sp³-hybridized carbons (Fsp3) is 0.286. The van der Waals surface area contributed by atoms with Crippen LogP contribution in [0, 0.1) is 13.8 Å². The third kappa shape index (κ3) is 3.13. The largest absolute Gasteiger partial charge is 0.481 e. The quantitative estimate of drug-likeness (QED) is 0.915. The lowest BCUT2D eigenvalue weighted by Gasteiger charge is -2.10. The van der Waals surface area contributed by atoms with Crippen LogP contribution in [-0.2, 0) is 11.3 Å². The molecule has 0 saturated carbocycles. The second kappa shape index (κ2) is 5.56. The van der Waals surface area contributed by atoms with Crippen molar-refractivity contribution in [3.63, 3.8) is 0 Å². The first-order valence-corrected chi connectivity index (χ1v) is 6.03. The third-order valence-electron chi connectivity index (χ3n) is 2.95. The van der Waals surface area contributed by atoms with Crippen LogP contribution in [0.15, 0.2) is 30.5 Å². The second-order valence-electron chi connectivity index (χ2n) is 4.34. The van der Waals surface area contributed by atoms with Crippen LogP contribution in [0.25, 0.3) is 0 Å². The number of aryl methyl sites for hydroxylation is 2. The predicted octanol–water partition coefficient (Wildman–Crippen LogP) is 2.15. The van der Waals surface area contributed by atoms with Crippen molar-refractivity contribution in [1.82, 2.24) is 9.55 Å². The Hall–Kier alpha value is -2.30. The fourth-order valence-corrected chi connectivity index (χ4v) is 1.87. The number of carbonyl (C=O) groups excluding carboxylic acids is 1. The molecule has 2 aromatic rings. The molecular formula is C14H17N3O2. The number of aromatic nitrogens is 2. The van der Waals surface area contributed by atoms with Gasteiger partial charge in [0, 0.05) is 17.5 Å². The number of carbonyl (C=O) groups is 1. The zero-order chi connectivity index (χ0) is 13.8. The SMILES string of the molecule is COc1ccc(NC(=O)Cn2c(C)ccc2C)cn1. The van der Waals surface area contributed by atoms with E-state index in [9.17, 15) is 4.79 Å². The molecule has 2 heterocycles. The molecule has 19 heavy (non-hydrogen) atoms. The maximum atomic E-state index is 11.9. The number of ether oxygens (including phenoxy) is 1. The summed E-state index contributed by atoms with van der Waals surface area (Å²) in [6.45, 7) is 4.27. The van der Waals surface area contributed by atoms with Crippen LogP contribution in [0.2, 0.25) is 0 Å². The van der Waals surface area contributed by atoms with Crippen molar-refractivity contribution in [2.24, 2.45) is 0 Å². The van der Waals surface area contributed by atoms with Gasteiger partial charge in [0.1, 0.15) is 6.54 Å². The average molecular weight is 259 g/mol. The van der Waals surface area contributed by atoms with E-state index in [4.69, 9.17) is 4.74 Å². The molecule has 0 unspecified atom stereocenters. The molecule has 0 atom stereocenters. The number of anilines is 1. The summed E-state index contributed by atoms with van der Waals surface area (Å²) in [5.41, 5.74) is 2.80. The molecular weight excluding hydrogens is 242 g/mol. The van der Waals surface area contributed by atoms with E-state index in [1.165, 1.54) is 0 Å². The summed E-state index contributed by atoms with van der Waals surface area (Å²) in [5, 5.41) is 2.81. The van der Waals surface area contributed by atoms with Gasteiger partial charge in [0.05, 0.1) is 19.0 Å². The first-order valence-electron chi connectivity index (χ1n) is 6.03. The number of nitrogens with one attached hydrogen (secondary N) is 1. The van der Waals surface area contributed by atoms with Crippen LogP contribution in [0.3, 0.4) is 0 Å². The summed E-state index contributed by atoms with van der Waals surface area (Å²) in [6, 6.07) is 7.47. The number of methoxy groups -OCH3 is 1. The molecule has 0 radical (unpaired) electrons. The van der Waals surface area contributed by atoms with Gasteiger partial charge in [-0.25, -0.2) is 4.98 Å². The van der Waals surface area contributed by atoms with E-state index in [0.717, 1.165) is 11.4 Å². The van der Waals surface area contributed by atoms with E-state index in [2.05, 4.69) is 10.3 Å². The Bertz CT molecular complexity index is 553. The topological polar surface area (TPSA) is 56.1 Å². The average Bonchev–Trinajstić information content (AvgIpc) is 2.71. The molecule has 0 aliphatic carbocycles. The van der Waals surface area contributed by atoms with E-state index >= 15 is 0 Å². The van der Waals surface area contributed by atoms with Crippen LogP contribution in [0.5, 0.6) is 5.88 Å². The minimum atomic E-state index is -0.0747. The van der Waals surface area contributed by atoms with Crippen molar-refractivity contribution in [2.75, 3.05) is 12.4 Å². The molecule has 1 N–H and O–H groups in total. The molecule has 0 bridgehead atoms. The lowest BCUT2D eigenvalue weighted by molar-refractivity contribution is -0.116. The van der Waals surface area contributed by atoms with E-state index in [0.29, 0.717) is 18.1 Å². The molecule has 0 aromatic carbocycles. The van der Waals surface area contributed by atoms with Crippen molar-refractivity contribution in [3.05, 3.63) is 41.9 Å². The Labute approximate surface area is 112 Å². The predicted molar refractivity (Wildman–Crippen MR) is 73.3 cm³/mol. The van der Waals surface area contributed by atoms with Gasteiger partial charge >= 0.3 is 0 Å². The van der Waals surface area contributed by atoms with Gasteiger partial charge in [0.25, 0.3) is 0 Å². The molecule has 100 valence electrons. The number of rotatable bonds is 4. The lowest BCUT2D eigenvalue weighted by Crippen LogP contribution is -2.20. The van der Waals surface area contributed by atoms with E-state index in [-0.39, 0.29) is 5.91 Å². The van der Waals surface area contributed by atoms with Crippen LogP contribution < -0.4 is 10.1 Å². The van der Waals surface area contributed by atoms with Crippen LogP contribution in [0.4, 0.5) is 5.69 Å². The smallest absolute Gasteiger partial charge is 0.244 e. The van der Waals surface area contributed by atoms with Crippen molar-refractivity contribution < 1.29 is 9.53 Å². The highest BCUT2D eigenvalue weighted by Crippen LogP contribution is 2.12. The van der Waals surface area contributed by atoms with Gasteiger partial charge in [0.2, 0.25) is 11.8 Å². The van der Waals surface area contributed by atoms with Crippen molar-refractivity contribution in [3.8, 4) is 5.88 Å². The number of hydrogen-bond acceptors (Lipinski definition) is 3. The lowest BCUT2D eigenvalue weighted by atomic mass is 10.4. The normalized spacial score (nSPS) is 10.3. The monoisotopic (exact) mass is 259 g/mol. The molecule has 0 aliphatic heterocycles. The Kier molecular flexibility index (Phi) is 3.85. The van der Waals surface area contributed by atoms with E-state index in [1.54, 1.807) is 25.4 Å². The molecule has 0 saturated heterocycles. The van der Waals surface area contributed by atoms with E-state index in [1.807, 2.05) is 30.5 Å². The minimum absolute atomic E-state index is 0.0747. The zero-order valence-electron chi connectivity index (χ0n) is 11.3. The minimum Gasteiger partial charge on any atom is -0.481 e. The van der Waals surface area contributed by atoms with Gasteiger partial charge in [-0.05, 0) is 32.0 Å². The third-order valence-corrected chi connectivity index (χ3v) is 2.95. The maximum Gasteiger partial charge on any atom is 0.244 e. The van der Waals surface area contributed by atoms with Crippen LogP contribution in [0.1, 0.15) is 11.4 Å². The first-order chi connectivity index (χ1) is 9.10. The second-order valence-corrected chi connectivity index (χ2v) is 4.34. The summed E-state index contributed by atoms with van der Waals surface area (Å²) in [7, 11) is 1.55. The van der Waals surface area contributed by atoms with Crippen molar-refractivity contribution >= 4 is 11.6 Å². The van der Waals surface area contributed by atoms with Gasteiger partial charge in [-0.15, -0.1) is 0 Å². The summed E-state index contributed by atoms with van der Waals surface area (Å²) in [5.74, 6) is 0.449. The highest BCUT2D eigenvalue weighted by atomic mass is 16.5. The highest BCUT2D eigenvalue weighted by molar-refractivity contribution is 5.90. The number of nitrogens with zero attached hydrogens (tertiary/aromatic N) is 2. The Morgan fingerprint density at radius 3 is 2.47 bits per heavy atom. The zero-order valence-corrected chi connectivity index (χ0v) is 11.3. The summed E-state index contributed by atoms with van der Waals surface area (Å²) in [4.78, 5) is 16.0. The molecule has 2 rings (SSSR count). The molecule has 5 nitrogen and oxygen atoms in total. The number of amides is 1. The van der Waals surface area contributed by atoms with Gasteiger partial charge < -0.3 is 14.6 Å². The van der Waals surface area contributed by atoms with Crippen molar-refractivity contribution in [2.45, 2.75) is 20.4 Å². The maximum absolute atomic E-state index is 11.9. The van der Waals surface area contributed by atoms with Gasteiger partial charge in [0.15, 0.2) is 0 Å². The molecule has 0 spiro atoms. The number of pyridine rings is 1. The first kappa shape index (κ1) is 13.1. The molecule has 5 heteroatoms. The summed E-state index contributed by atoms with van der Waals surface area (Å²) in [6.07, 6.45) is 1.58. The Morgan fingerprint density at radius 1 is 1.26 bits per heavy atom. The molecule has 1 amide bonds. The molecule has 2 aromatic heterocycles. The fourth-order valence-electron chi connectivity index (χ4n) is 1.87. The Balaban J connectivity index is 2.01. The Morgan fingerprint density at radius 2 is 1.95 bits per heavy atom. The van der Waals surface area contributed by atoms with Crippen LogP contribution >= 0.6 is 0 Å². The molecule has 0 aliphatic rings. The van der Waals surface area contributed by atoms with Gasteiger partial charge in [-0.1, -0.05) is 0 Å². The van der Waals surface area contributed by atoms with Gasteiger partial charge in [-0.2, -0.15) is 0 Å². The number of hydrogen-bond donors (Lipinski definition) is 1. The van der Waals surface area contributed by atoms with E-state index < -0.39 is 0 Å². The molecule has 0 fully saturated rings. The van der Waals surface area contributed by atoms with Crippen LogP contribution in [-0.4, -0.2) is 22.6 Å². The summed E-state index contributed by atoms with van der Waals surface area (Å²) < 4.78 is 6.93. The van der Waals surface area contributed by atoms with Crippen molar-refractivity contribution in [1.29, 1.82) is 0 Å².